The predicted octanol–water partition coefficient (Wildman–Crippen LogP) is 2.95. The third-order valence-corrected chi connectivity index (χ3v) is 3.27. The average Bonchev–Trinajstić information content (AvgIpc) is 2.16. The summed E-state index contributed by atoms with van der Waals surface area (Å²) in [5.41, 5.74) is 0. The maximum Gasteiger partial charge on any atom is 0.00696 e. The molecule has 0 aromatic carbocycles. The largest absolute Gasteiger partial charge is 0.311 e. The highest BCUT2D eigenvalue weighted by Crippen LogP contribution is 2.25. The standard InChI is InChI=1S/C11H23N/c1-4-9-7-10(5-2)12-11(6-3)8-9/h9-12H,4-8H2,1-3H3. The maximum absolute atomic E-state index is 3.72. The second kappa shape index (κ2) is 4.86. The molecule has 72 valence electrons. The predicted molar refractivity (Wildman–Crippen MR) is 54.3 cm³/mol. The fourth-order valence-corrected chi connectivity index (χ4v) is 2.27. The van der Waals surface area contributed by atoms with Crippen molar-refractivity contribution < 1.29 is 0 Å². The Bertz CT molecular complexity index is 92.4. The van der Waals surface area contributed by atoms with Gasteiger partial charge in [0.2, 0.25) is 0 Å². The van der Waals surface area contributed by atoms with Crippen molar-refractivity contribution in [2.75, 3.05) is 0 Å². The lowest BCUT2D eigenvalue weighted by Gasteiger charge is -2.35. The van der Waals surface area contributed by atoms with Gasteiger partial charge in [-0.25, -0.2) is 0 Å². The minimum atomic E-state index is 0.800. The molecule has 0 aromatic rings. The molecule has 1 rings (SSSR count). The van der Waals surface area contributed by atoms with Crippen molar-refractivity contribution in [2.45, 2.75) is 65.0 Å². The molecule has 1 fully saturated rings. The van der Waals surface area contributed by atoms with Gasteiger partial charge in [-0.3, -0.25) is 0 Å². The Kier molecular flexibility index (Phi) is 4.07. The molecule has 12 heavy (non-hydrogen) atoms. The molecule has 0 aromatic heterocycles. The number of nitrogens with one attached hydrogen (secondary N) is 1. The fourth-order valence-electron chi connectivity index (χ4n) is 2.27. The van der Waals surface area contributed by atoms with Crippen LogP contribution in [0.2, 0.25) is 0 Å². The molecule has 1 aliphatic rings. The summed E-state index contributed by atoms with van der Waals surface area (Å²) in [4.78, 5) is 0. The first-order chi connectivity index (χ1) is 5.80. The van der Waals surface area contributed by atoms with Gasteiger partial charge < -0.3 is 5.32 Å². The van der Waals surface area contributed by atoms with Gasteiger partial charge in [0.1, 0.15) is 0 Å². The molecule has 0 spiro atoms. The van der Waals surface area contributed by atoms with Crippen molar-refractivity contribution in [1.82, 2.24) is 5.32 Å². The Labute approximate surface area is 76.9 Å². The zero-order chi connectivity index (χ0) is 8.97. The topological polar surface area (TPSA) is 12.0 Å². The molecule has 1 heteroatoms. The maximum atomic E-state index is 3.72. The summed E-state index contributed by atoms with van der Waals surface area (Å²) in [6, 6.07) is 1.60. The van der Waals surface area contributed by atoms with Crippen LogP contribution in [0.5, 0.6) is 0 Å². The summed E-state index contributed by atoms with van der Waals surface area (Å²) >= 11 is 0. The Morgan fingerprint density at radius 3 is 1.75 bits per heavy atom. The lowest BCUT2D eigenvalue weighted by molar-refractivity contribution is 0.228. The summed E-state index contributed by atoms with van der Waals surface area (Å²) < 4.78 is 0. The molecular formula is C11H23N. The molecule has 1 heterocycles. The number of hydrogen-bond donors (Lipinski definition) is 1. The Morgan fingerprint density at radius 2 is 1.42 bits per heavy atom. The summed E-state index contributed by atoms with van der Waals surface area (Å²) in [6.07, 6.45) is 6.78. The van der Waals surface area contributed by atoms with Gasteiger partial charge in [-0.2, -0.15) is 0 Å². The highest BCUT2D eigenvalue weighted by Gasteiger charge is 2.24. The van der Waals surface area contributed by atoms with E-state index in [2.05, 4.69) is 26.1 Å². The number of hydrogen-bond acceptors (Lipinski definition) is 1. The van der Waals surface area contributed by atoms with Crippen LogP contribution in [0.1, 0.15) is 52.9 Å². The molecule has 1 N–H and O–H groups in total. The molecule has 1 saturated heterocycles. The van der Waals surface area contributed by atoms with E-state index in [0.29, 0.717) is 0 Å². The minimum Gasteiger partial charge on any atom is -0.311 e. The lowest BCUT2D eigenvalue weighted by Crippen LogP contribution is -2.44. The van der Waals surface area contributed by atoms with E-state index >= 15 is 0 Å². The van der Waals surface area contributed by atoms with Crippen molar-refractivity contribution in [3.05, 3.63) is 0 Å². The third-order valence-electron chi connectivity index (χ3n) is 3.27. The number of piperidine rings is 1. The quantitative estimate of drug-likeness (QED) is 0.685. The Balaban J connectivity index is 2.41. The molecule has 2 unspecified atom stereocenters. The molecule has 0 amide bonds. The molecular weight excluding hydrogens is 146 g/mol. The zero-order valence-electron chi connectivity index (χ0n) is 8.77. The zero-order valence-corrected chi connectivity index (χ0v) is 8.77. The van der Waals surface area contributed by atoms with E-state index in [1.165, 1.54) is 32.1 Å². The van der Waals surface area contributed by atoms with Gasteiger partial charge in [-0.15, -0.1) is 0 Å². The Hall–Kier alpha value is -0.0400. The van der Waals surface area contributed by atoms with Gasteiger partial charge >= 0.3 is 0 Å². The van der Waals surface area contributed by atoms with Crippen molar-refractivity contribution in [2.24, 2.45) is 5.92 Å². The summed E-state index contributed by atoms with van der Waals surface area (Å²) in [5.74, 6) is 0.987. The lowest BCUT2D eigenvalue weighted by atomic mass is 9.84. The molecule has 1 nitrogen and oxygen atoms in total. The SMILES string of the molecule is CCC1CC(CC)NC(CC)C1. The van der Waals surface area contributed by atoms with Gasteiger partial charge in [0.05, 0.1) is 0 Å². The summed E-state index contributed by atoms with van der Waals surface area (Å²) in [5, 5.41) is 3.72. The summed E-state index contributed by atoms with van der Waals surface area (Å²) in [6.45, 7) is 6.92. The van der Waals surface area contributed by atoms with E-state index in [0.717, 1.165) is 18.0 Å². The van der Waals surface area contributed by atoms with Crippen LogP contribution < -0.4 is 5.32 Å². The molecule has 1 aliphatic heterocycles. The third kappa shape index (κ3) is 2.48. The van der Waals surface area contributed by atoms with Crippen LogP contribution in [-0.4, -0.2) is 12.1 Å². The van der Waals surface area contributed by atoms with Gasteiger partial charge in [0, 0.05) is 12.1 Å². The van der Waals surface area contributed by atoms with Gasteiger partial charge in [0.25, 0.3) is 0 Å². The normalized spacial score (nSPS) is 36.8. The second-order valence-corrected chi connectivity index (χ2v) is 4.12. The van der Waals surface area contributed by atoms with E-state index in [1.807, 2.05) is 0 Å². The van der Waals surface area contributed by atoms with Crippen molar-refractivity contribution in [3.8, 4) is 0 Å². The van der Waals surface area contributed by atoms with Crippen LogP contribution in [0.25, 0.3) is 0 Å². The van der Waals surface area contributed by atoms with Crippen molar-refractivity contribution in [3.63, 3.8) is 0 Å². The Morgan fingerprint density at radius 1 is 0.917 bits per heavy atom. The number of rotatable bonds is 3. The van der Waals surface area contributed by atoms with Gasteiger partial charge in [-0.1, -0.05) is 27.2 Å². The minimum absolute atomic E-state index is 0.800. The first-order valence-corrected chi connectivity index (χ1v) is 5.56. The van der Waals surface area contributed by atoms with Crippen LogP contribution in [0.15, 0.2) is 0 Å². The van der Waals surface area contributed by atoms with Crippen molar-refractivity contribution >= 4 is 0 Å². The monoisotopic (exact) mass is 169 g/mol. The van der Waals surface area contributed by atoms with E-state index < -0.39 is 0 Å². The van der Waals surface area contributed by atoms with Gasteiger partial charge in [-0.05, 0) is 31.6 Å². The first-order valence-electron chi connectivity index (χ1n) is 5.56. The molecule has 0 aliphatic carbocycles. The summed E-state index contributed by atoms with van der Waals surface area (Å²) in [7, 11) is 0. The molecule has 0 bridgehead atoms. The molecule has 0 radical (unpaired) electrons. The highest BCUT2D eigenvalue weighted by molar-refractivity contribution is 4.83. The second-order valence-electron chi connectivity index (χ2n) is 4.12. The first kappa shape index (κ1) is 10.0. The fraction of sp³-hybridized carbons (Fsp3) is 1.00. The average molecular weight is 169 g/mol. The smallest absolute Gasteiger partial charge is 0.00696 e. The highest BCUT2D eigenvalue weighted by atomic mass is 15.0. The van der Waals surface area contributed by atoms with E-state index in [4.69, 9.17) is 0 Å². The van der Waals surface area contributed by atoms with Crippen LogP contribution in [-0.2, 0) is 0 Å². The van der Waals surface area contributed by atoms with Gasteiger partial charge in [0.15, 0.2) is 0 Å². The van der Waals surface area contributed by atoms with Crippen LogP contribution >= 0.6 is 0 Å². The van der Waals surface area contributed by atoms with E-state index in [-0.39, 0.29) is 0 Å². The molecule has 2 atom stereocenters. The molecule has 0 saturated carbocycles. The van der Waals surface area contributed by atoms with Crippen LogP contribution in [0.4, 0.5) is 0 Å². The van der Waals surface area contributed by atoms with Crippen LogP contribution in [0.3, 0.4) is 0 Å². The van der Waals surface area contributed by atoms with E-state index in [1.54, 1.807) is 0 Å². The van der Waals surface area contributed by atoms with Crippen molar-refractivity contribution in [1.29, 1.82) is 0 Å². The van der Waals surface area contributed by atoms with Crippen LogP contribution in [0, 0.1) is 5.92 Å². The van der Waals surface area contributed by atoms with E-state index in [9.17, 15) is 0 Å².